The third-order valence-electron chi connectivity index (χ3n) is 2.86. The zero-order chi connectivity index (χ0) is 15.6. The average molecular weight is 360 g/mol. The van der Waals surface area contributed by atoms with Gasteiger partial charge in [-0.1, -0.05) is 18.2 Å². The number of para-hydroxylation sites is 1. The van der Waals surface area contributed by atoms with Crippen LogP contribution in [0.5, 0.6) is 0 Å². The number of anilines is 2. The zero-order valence-corrected chi connectivity index (χ0v) is 12.7. The Labute approximate surface area is 128 Å². The van der Waals surface area contributed by atoms with Gasteiger partial charge in [-0.3, -0.25) is 0 Å². The SMILES string of the molecule is CC(N)c1ccccc1Nc1ncc(Br)cc1C(F)(F)F. The molecule has 1 aromatic heterocycles. The Morgan fingerprint density at radius 2 is 1.95 bits per heavy atom. The lowest BCUT2D eigenvalue weighted by Gasteiger charge is -2.17. The molecule has 3 N–H and O–H groups in total. The summed E-state index contributed by atoms with van der Waals surface area (Å²) in [6.45, 7) is 1.76. The number of benzene rings is 1. The Bertz CT molecular complexity index is 642. The largest absolute Gasteiger partial charge is 0.420 e. The van der Waals surface area contributed by atoms with Crippen LogP contribution in [-0.2, 0) is 6.18 Å². The minimum Gasteiger partial charge on any atom is -0.339 e. The van der Waals surface area contributed by atoms with Crippen LogP contribution in [0.2, 0.25) is 0 Å². The minimum absolute atomic E-state index is 0.251. The molecule has 1 atom stereocenters. The summed E-state index contributed by atoms with van der Waals surface area (Å²) in [5.74, 6) is -0.251. The summed E-state index contributed by atoms with van der Waals surface area (Å²) in [6.07, 6.45) is -3.19. The molecule has 1 unspecified atom stereocenters. The molecular weight excluding hydrogens is 347 g/mol. The molecule has 0 radical (unpaired) electrons. The highest BCUT2D eigenvalue weighted by atomic mass is 79.9. The maximum absolute atomic E-state index is 13.1. The summed E-state index contributed by atoms with van der Waals surface area (Å²) in [5.41, 5.74) is 6.21. The first kappa shape index (κ1) is 15.8. The van der Waals surface area contributed by atoms with E-state index in [-0.39, 0.29) is 16.3 Å². The summed E-state index contributed by atoms with van der Waals surface area (Å²) in [5, 5.41) is 2.72. The van der Waals surface area contributed by atoms with Crippen molar-refractivity contribution in [2.75, 3.05) is 5.32 Å². The van der Waals surface area contributed by atoms with Gasteiger partial charge in [0, 0.05) is 22.4 Å². The molecule has 2 rings (SSSR count). The fourth-order valence-electron chi connectivity index (χ4n) is 1.89. The van der Waals surface area contributed by atoms with Crippen LogP contribution in [-0.4, -0.2) is 4.98 Å². The van der Waals surface area contributed by atoms with Crippen LogP contribution in [0.25, 0.3) is 0 Å². The Balaban J connectivity index is 2.46. The van der Waals surface area contributed by atoms with Gasteiger partial charge in [-0.15, -0.1) is 0 Å². The van der Waals surface area contributed by atoms with Crippen molar-refractivity contribution in [3.8, 4) is 0 Å². The summed E-state index contributed by atoms with van der Waals surface area (Å²) in [7, 11) is 0. The molecule has 112 valence electrons. The van der Waals surface area contributed by atoms with Crippen molar-refractivity contribution in [3.63, 3.8) is 0 Å². The molecule has 3 nitrogen and oxygen atoms in total. The Kier molecular flexibility index (Phi) is 4.53. The van der Waals surface area contributed by atoms with Gasteiger partial charge >= 0.3 is 6.18 Å². The molecule has 7 heteroatoms. The first-order valence-corrected chi connectivity index (χ1v) is 6.92. The van der Waals surface area contributed by atoms with E-state index in [9.17, 15) is 13.2 Å². The highest BCUT2D eigenvalue weighted by Gasteiger charge is 2.34. The predicted molar refractivity (Wildman–Crippen MR) is 79.3 cm³/mol. The van der Waals surface area contributed by atoms with Crippen molar-refractivity contribution in [1.82, 2.24) is 4.98 Å². The van der Waals surface area contributed by atoms with E-state index < -0.39 is 11.7 Å². The van der Waals surface area contributed by atoms with Crippen molar-refractivity contribution < 1.29 is 13.2 Å². The summed E-state index contributed by atoms with van der Waals surface area (Å²) in [6, 6.07) is 7.62. The molecule has 0 saturated carbocycles. The Morgan fingerprint density at radius 1 is 1.29 bits per heavy atom. The Morgan fingerprint density at radius 3 is 2.57 bits per heavy atom. The fourth-order valence-corrected chi connectivity index (χ4v) is 2.22. The van der Waals surface area contributed by atoms with Crippen molar-refractivity contribution in [2.24, 2.45) is 5.73 Å². The van der Waals surface area contributed by atoms with Gasteiger partial charge in [0.1, 0.15) is 5.82 Å². The van der Waals surface area contributed by atoms with Crippen LogP contribution in [0.15, 0.2) is 41.0 Å². The third-order valence-corrected chi connectivity index (χ3v) is 3.30. The highest BCUT2D eigenvalue weighted by molar-refractivity contribution is 9.10. The van der Waals surface area contributed by atoms with Gasteiger partial charge in [0.2, 0.25) is 0 Å². The van der Waals surface area contributed by atoms with Gasteiger partial charge in [-0.25, -0.2) is 4.98 Å². The van der Waals surface area contributed by atoms with Crippen LogP contribution in [0, 0.1) is 0 Å². The molecular formula is C14H13BrF3N3. The number of nitrogens with one attached hydrogen (secondary N) is 1. The maximum Gasteiger partial charge on any atom is 0.420 e. The number of pyridine rings is 1. The van der Waals surface area contributed by atoms with Crippen LogP contribution in [0.3, 0.4) is 0 Å². The molecule has 0 fully saturated rings. The number of hydrogen-bond acceptors (Lipinski definition) is 3. The van der Waals surface area contributed by atoms with E-state index >= 15 is 0 Å². The predicted octanol–water partition coefficient (Wildman–Crippen LogP) is 4.63. The minimum atomic E-state index is -4.50. The standard InChI is InChI=1S/C14H13BrF3N3/c1-8(19)10-4-2-3-5-12(10)21-13-11(14(16,17)18)6-9(15)7-20-13/h2-8H,19H2,1H3,(H,20,21). The molecule has 0 aliphatic heterocycles. The second kappa shape index (κ2) is 6.03. The molecule has 0 aliphatic rings. The Hall–Kier alpha value is -1.60. The zero-order valence-electron chi connectivity index (χ0n) is 11.1. The van der Waals surface area contributed by atoms with Gasteiger partial charge in [0.25, 0.3) is 0 Å². The van der Waals surface area contributed by atoms with E-state index in [0.717, 1.165) is 11.6 Å². The van der Waals surface area contributed by atoms with Gasteiger partial charge in [-0.2, -0.15) is 13.2 Å². The first-order valence-electron chi connectivity index (χ1n) is 6.13. The van der Waals surface area contributed by atoms with Crippen molar-refractivity contribution >= 4 is 27.4 Å². The van der Waals surface area contributed by atoms with Crippen LogP contribution < -0.4 is 11.1 Å². The van der Waals surface area contributed by atoms with Crippen LogP contribution >= 0.6 is 15.9 Å². The summed E-state index contributed by atoms with van der Waals surface area (Å²) < 4.78 is 39.5. The lowest BCUT2D eigenvalue weighted by Crippen LogP contribution is -2.12. The molecule has 0 saturated heterocycles. The summed E-state index contributed by atoms with van der Waals surface area (Å²) in [4.78, 5) is 3.82. The van der Waals surface area contributed by atoms with Gasteiger partial charge in [0.05, 0.1) is 5.56 Å². The molecule has 2 aromatic rings. The van der Waals surface area contributed by atoms with E-state index in [2.05, 4.69) is 26.2 Å². The van der Waals surface area contributed by atoms with E-state index in [0.29, 0.717) is 5.69 Å². The number of nitrogens with two attached hydrogens (primary N) is 1. The quantitative estimate of drug-likeness (QED) is 0.840. The number of aromatic nitrogens is 1. The third kappa shape index (κ3) is 3.74. The normalized spacial score (nSPS) is 13.0. The fraction of sp³-hybridized carbons (Fsp3) is 0.214. The van der Waals surface area contributed by atoms with Crippen molar-refractivity contribution in [2.45, 2.75) is 19.1 Å². The van der Waals surface area contributed by atoms with E-state index in [1.807, 2.05) is 0 Å². The number of halogens is 4. The molecule has 0 spiro atoms. The maximum atomic E-state index is 13.1. The van der Waals surface area contributed by atoms with Gasteiger partial charge < -0.3 is 11.1 Å². The van der Waals surface area contributed by atoms with Crippen LogP contribution in [0.4, 0.5) is 24.7 Å². The molecule has 1 heterocycles. The number of alkyl halides is 3. The second-order valence-electron chi connectivity index (χ2n) is 4.55. The van der Waals surface area contributed by atoms with Crippen LogP contribution in [0.1, 0.15) is 24.1 Å². The van der Waals surface area contributed by atoms with Crippen molar-refractivity contribution in [1.29, 1.82) is 0 Å². The van der Waals surface area contributed by atoms with Gasteiger partial charge in [-0.05, 0) is 40.5 Å². The number of rotatable bonds is 3. The number of hydrogen-bond donors (Lipinski definition) is 2. The lowest BCUT2D eigenvalue weighted by molar-refractivity contribution is -0.137. The highest BCUT2D eigenvalue weighted by Crippen LogP contribution is 2.37. The molecule has 1 aromatic carbocycles. The smallest absolute Gasteiger partial charge is 0.339 e. The molecule has 0 bridgehead atoms. The second-order valence-corrected chi connectivity index (χ2v) is 5.46. The van der Waals surface area contributed by atoms with Crippen molar-refractivity contribution in [3.05, 3.63) is 52.1 Å². The van der Waals surface area contributed by atoms with Gasteiger partial charge in [0.15, 0.2) is 0 Å². The summed E-state index contributed by atoms with van der Waals surface area (Å²) >= 11 is 3.00. The van der Waals surface area contributed by atoms with E-state index in [1.165, 1.54) is 6.20 Å². The molecule has 0 amide bonds. The molecule has 0 aliphatic carbocycles. The monoisotopic (exact) mass is 359 g/mol. The first-order chi connectivity index (χ1) is 9.79. The lowest BCUT2D eigenvalue weighted by atomic mass is 10.1. The number of nitrogens with zero attached hydrogens (tertiary/aromatic N) is 1. The van der Waals surface area contributed by atoms with E-state index in [4.69, 9.17) is 5.73 Å². The average Bonchev–Trinajstić information content (AvgIpc) is 2.40. The molecule has 21 heavy (non-hydrogen) atoms. The topological polar surface area (TPSA) is 50.9 Å². The van der Waals surface area contributed by atoms with E-state index in [1.54, 1.807) is 31.2 Å².